The topological polar surface area (TPSA) is 53.4 Å². The van der Waals surface area contributed by atoms with Gasteiger partial charge in [0, 0.05) is 32.2 Å². The van der Waals surface area contributed by atoms with Crippen molar-refractivity contribution in [3.05, 3.63) is 66.4 Å². The molecule has 1 radical (unpaired) electrons. The first-order chi connectivity index (χ1) is 17.8. The maximum atomic E-state index is 10.7. The number of aliphatic hydroxyl groups excluding tert-OH is 2. The Labute approximate surface area is 243 Å². The smallest absolute Gasteiger partial charge is 0.0626 e. The van der Waals surface area contributed by atoms with Crippen LogP contribution in [0.4, 0.5) is 0 Å². The molecule has 2 fully saturated rings. The zero-order valence-corrected chi connectivity index (χ0v) is 26.1. The number of fused-ring (bicyclic) bond motifs is 2. The van der Waals surface area contributed by atoms with Crippen molar-refractivity contribution in [3.63, 3.8) is 0 Å². The average Bonchev–Trinajstić information content (AvgIpc) is 3.16. The van der Waals surface area contributed by atoms with E-state index in [1.165, 1.54) is 29.2 Å². The van der Waals surface area contributed by atoms with Crippen molar-refractivity contribution in [1.82, 2.24) is 4.98 Å². The van der Waals surface area contributed by atoms with E-state index in [2.05, 4.69) is 69.9 Å². The Balaban J connectivity index is 0.000000206. The molecule has 38 heavy (non-hydrogen) atoms. The predicted molar refractivity (Wildman–Crippen MR) is 154 cm³/mol. The van der Waals surface area contributed by atoms with Gasteiger partial charge in [0.2, 0.25) is 0 Å². The number of hydrogen-bond donors (Lipinski definition) is 2. The van der Waals surface area contributed by atoms with E-state index in [9.17, 15) is 10.2 Å². The Morgan fingerprint density at radius 1 is 0.974 bits per heavy atom. The predicted octanol–water partition coefficient (Wildman–Crippen LogP) is 8.04. The second kappa shape index (κ2) is 14.2. The minimum atomic E-state index is -0.285. The number of nitrogens with zero attached hydrogens (tertiary/aromatic N) is 1. The molecule has 4 heteroatoms. The molecule has 209 valence electrons. The van der Waals surface area contributed by atoms with Crippen LogP contribution in [0.5, 0.6) is 0 Å². The third kappa shape index (κ3) is 6.94. The number of benzene rings is 2. The second-order valence-corrected chi connectivity index (χ2v) is 11.8. The van der Waals surface area contributed by atoms with Crippen molar-refractivity contribution in [2.24, 2.45) is 29.6 Å². The monoisotopic (exact) mass is 693 g/mol. The molecule has 2 N–H and O–H groups in total. The van der Waals surface area contributed by atoms with Gasteiger partial charge in [0.25, 0.3) is 0 Å². The molecular formula is C34H46IrNO2-. The summed E-state index contributed by atoms with van der Waals surface area (Å²) in [6, 6.07) is 19.9. The summed E-state index contributed by atoms with van der Waals surface area (Å²) in [5, 5.41) is 23.6. The SMILES string of the molecule is CC(C)c1ccc2cnc(-c3[c-]cccc3)cc2c1.CCC(CC)[C@@H]1CC2CCC[C@H](C)C(O)C2C1O.[Ir]. The van der Waals surface area contributed by atoms with Gasteiger partial charge in [-0.05, 0) is 70.9 Å². The first-order valence-corrected chi connectivity index (χ1v) is 14.6. The quantitative estimate of drug-likeness (QED) is 0.266. The van der Waals surface area contributed by atoms with Crippen molar-refractivity contribution in [2.75, 3.05) is 0 Å². The van der Waals surface area contributed by atoms with Crippen LogP contribution in [0.15, 0.2) is 54.7 Å². The van der Waals surface area contributed by atoms with Crippen molar-refractivity contribution in [2.45, 2.75) is 91.3 Å². The van der Waals surface area contributed by atoms with Gasteiger partial charge in [0.1, 0.15) is 0 Å². The molecule has 3 nitrogen and oxygen atoms in total. The maximum absolute atomic E-state index is 10.7. The zero-order chi connectivity index (χ0) is 26.5. The number of aliphatic hydroxyl groups is 2. The van der Waals surface area contributed by atoms with Gasteiger partial charge in [0.05, 0.1) is 12.2 Å². The largest absolute Gasteiger partial charge is 0.392 e. The van der Waals surface area contributed by atoms with Crippen LogP contribution in [0.2, 0.25) is 0 Å². The fourth-order valence-corrected chi connectivity index (χ4v) is 6.84. The molecular weight excluding hydrogens is 647 g/mol. The van der Waals surface area contributed by atoms with Gasteiger partial charge in [-0.3, -0.25) is 0 Å². The van der Waals surface area contributed by atoms with E-state index < -0.39 is 0 Å². The number of hydrogen-bond acceptors (Lipinski definition) is 3. The molecule has 2 aromatic carbocycles. The fourth-order valence-electron chi connectivity index (χ4n) is 6.84. The number of pyridine rings is 1. The third-order valence-electron chi connectivity index (χ3n) is 9.22. The maximum Gasteiger partial charge on any atom is 0.0626 e. The molecule has 2 saturated carbocycles. The zero-order valence-electron chi connectivity index (χ0n) is 23.7. The summed E-state index contributed by atoms with van der Waals surface area (Å²) >= 11 is 0. The van der Waals surface area contributed by atoms with E-state index in [-0.39, 0.29) is 38.2 Å². The number of rotatable bonds is 5. The third-order valence-corrected chi connectivity index (χ3v) is 9.22. The second-order valence-electron chi connectivity index (χ2n) is 11.8. The van der Waals surface area contributed by atoms with Crippen LogP contribution in [0.3, 0.4) is 0 Å². The summed E-state index contributed by atoms with van der Waals surface area (Å²) in [7, 11) is 0. The van der Waals surface area contributed by atoms with Crippen LogP contribution in [0.25, 0.3) is 22.0 Å². The molecule has 6 atom stereocenters. The Morgan fingerprint density at radius 2 is 1.74 bits per heavy atom. The van der Waals surface area contributed by atoms with E-state index in [4.69, 9.17) is 0 Å². The van der Waals surface area contributed by atoms with Crippen LogP contribution in [0, 0.1) is 35.7 Å². The summed E-state index contributed by atoms with van der Waals surface area (Å²) in [4.78, 5) is 4.52. The summed E-state index contributed by atoms with van der Waals surface area (Å²) in [6.07, 6.45) is 8.39. The van der Waals surface area contributed by atoms with Crippen molar-refractivity contribution >= 4 is 10.8 Å². The average molecular weight is 693 g/mol. The van der Waals surface area contributed by atoms with Crippen LogP contribution in [-0.2, 0) is 20.1 Å². The van der Waals surface area contributed by atoms with E-state index in [0.29, 0.717) is 29.6 Å². The van der Waals surface area contributed by atoms with Crippen LogP contribution in [-0.4, -0.2) is 27.4 Å². The van der Waals surface area contributed by atoms with E-state index in [0.717, 1.165) is 36.9 Å². The molecule has 4 unspecified atom stereocenters. The summed E-state index contributed by atoms with van der Waals surface area (Å²) in [6.45, 7) is 11.0. The van der Waals surface area contributed by atoms with Gasteiger partial charge < -0.3 is 15.2 Å². The van der Waals surface area contributed by atoms with Crippen molar-refractivity contribution < 1.29 is 30.3 Å². The Morgan fingerprint density at radius 3 is 2.39 bits per heavy atom. The first-order valence-electron chi connectivity index (χ1n) is 14.6. The van der Waals surface area contributed by atoms with E-state index in [1.807, 2.05) is 30.5 Å². The molecule has 2 aliphatic carbocycles. The molecule has 5 rings (SSSR count). The Kier molecular flexibility index (Phi) is 11.5. The standard InChI is InChI=1S/C18H16N.C16H30O2.Ir/c1-13(2)15-8-9-16-12-19-18(11-17(16)10-15)14-6-4-3-5-7-14;1-4-11(5-2)13-9-12-8-6-7-10(3)15(17)14(12)16(13)18;/h3-6,8-13H,1-2H3;10-18H,4-9H2,1-3H3;/q-1;;/t;10-,12?,13-,14?,15?,16?;/m.0./s1. The first kappa shape index (κ1) is 31.0. The van der Waals surface area contributed by atoms with Gasteiger partial charge >= 0.3 is 0 Å². The molecule has 3 aromatic rings. The fraction of sp³-hybridized carbons (Fsp3) is 0.559. The van der Waals surface area contributed by atoms with Gasteiger partial charge in [0.15, 0.2) is 0 Å². The minimum Gasteiger partial charge on any atom is -0.392 e. The molecule has 1 heterocycles. The van der Waals surface area contributed by atoms with Gasteiger partial charge in [-0.25, -0.2) is 0 Å². The summed E-state index contributed by atoms with van der Waals surface area (Å²) < 4.78 is 0. The number of aromatic nitrogens is 1. The normalized spacial score (nSPS) is 26.9. The molecule has 0 amide bonds. The van der Waals surface area contributed by atoms with E-state index in [1.54, 1.807) is 0 Å². The van der Waals surface area contributed by atoms with Crippen molar-refractivity contribution in [1.29, 1.82) is 0 Å². The molecule has 0 spiro atoms. The van der Waals surface area contributed by atoms with Crippen LogP contribution in [0.1, 0.15) is 84.6 Å². The molecule has 0 aliphatic heterocycles. The molecule has 0 bridgehead atoms. The minimum absolute atomic E-state index is 0. The van der Waals surface area contributed by atoms with Crippen molar-refractivity contribution in [3.8, 4) is 11.3 Å². The summed E-state index contributed by atoms with van der Waals surface area (Å²) in [5.74, 6) is 2.67. The van der Waals surface area contributed by atoms with Gasteiger partial charge in [-0.2, -0.15) is 0 Å². The van der Waals surface area contributed by atoms with E-state index >= 15 is 0 Å². The van der Waals surface area contributed by atoms with Gasteiger partial charge in [-0.1, -0.05) is 78.1 Å². The van der Waals surface area contributed by atoms with Crippen LogP contribution < -0.4 is 0 Å². The van der Waals surface area contributed by atoms with Crippen LogP contribution >= 0.6 is 0 Å². The molecule has 1 aromatic heterocycles. The Bertz CT molecular complexity index is 1130. The molecule has 0 saturated heterocycles. The molecule has 2 aliphatic rings. The Hall–Kier alpha value is -1.58. The van der Waals surface area contributed by atoms with Gasteiger partial charge in [-0.15, -0.1) is 35.9 Å². The summed E-state index contributed by atoms with van der Waals surface area (Å²) in [5.41, 5.74) is 3.38.